The van der Waals surface area contributed by atoms with Gasteiger partial charge in [-0.3, -0.25) is 10.1 Å². The van der Waals surface area contributed by atoms with Crippen LogP contribution in [0.3, 0.4) is 0 Å². The number of nitrogens with one attached hydrogen (secondary N) is 2. The highest BCUT2D eigenvalue weighted by Gasteiger charge is 2.15. The maximum atomic E-state index is 12.7. The topological polar surface area (TPSA) is 76.7 Å². The minimum Gasteiger partial charge on any atom is -0.496 e. The Bertz CT molecular complexity index is 1060. The van der Waals surface area contributed by atoms with Crippen LogP contribution >= 0.6 is 12.2 Å². The average molecular weight is 408 g/mol. The number of ether oxygens (including phenoxy) is 2. The molecular formula is C22H20N2O4S. The highest BCUT2D eigenvalue weighted by Crippen LogP contribution is 2.26. The lowest BCUT2D eigenvalue weighted by molar-refractivity contribution is 0.0526. The van der Waals surface area contributed by atoms with Crippen LogP contribution in [0.4, 0.5) is 5.69 Å². The second-order valence-corrected chi connectivity index (χ2v) is 6.51. The molecule has 0 saturated heterocycles. The summed E-state index contributed by atoms with van der Waals surface area (Å²) in [6.07, 6.45) is 0. The van der Waals surface area contributed by atoms with Crippen molar-refractivity contribution in [1.29, 1.82) is 0 Å². The number of thiocarbonyl (C=S) groups is 1. The Balaban J connectivity index is 1.70. The summed E-state index contributed by atoms with van der Waals surface area (Å²) in [5.74, 6) is -0.311. The van der Waals surface area contributed by atoms with E-state index in [2.05, 4.69) is 10.6 Å². The predicted molar refractivity (Wildman–Crippen MR) is 117 cm³/mol. The molecule has 0 bridgehead atoms. The van der Waals surface area contributed by atoms with E-state index in [0.717, 1.165) is 10.8 Å². The molecule has 3 aromatic rings. The molecule has 7 heteroatoms. The Labute approximate surface area is 173 Å². The molecule has 0 unspecified atom stereocenters. The van der Waals surface area contributed by atoms with E-state index in [1.54, 1.807) is 37.3 Å². The van der Waals surface area contributed by atoms with Crippen molar-refractivity contribution in [1.82, 2.24) is 5.32 Å². The van der Waals surface area contributed by atoms with E-state index in [0.29, 0.717) is 29.2 Å². The van der Waals surface area contributed by atoms with Gasteiger partial charge < -0.3 is 14.8 Å². The van der Waals surface area contributed by atoms with Crippen LogP contribution in [0.1, 0.15) is 27.6 Å². The molecule has 0 aliphatic rings. The Kier molecular flexibility index (Phi) is 6.41. The van der Waals surface area contributed by atoms with Crippen LogP contribution in [0, 0.1) is 0 Å². The van der Waals surface area contributed by atoms with Gasteiger partial charge in [0.05, 0.1) is 24.8 Å². The van der Waals surface area contributed by atoms with Crippen molar-refractivity contribution in [3.8, 4) is 5.75 Å². The summed E-state index contributed by atoms with van der Waals surface area (Å²) in [4.78, 5) is 24.4. The number of rotatable bonds is 5. The lowest BCUT2D eigenvalue weighted by atomic mass is 10.1. The van der Waals surface area contributed by atoms with Crippen molar-refractivity contribution in [2.75, 3.05) is 19.0 Å². The molecule has 0 heterocycles. The summed E-state index contributed by atoms with van der Waals surface area (Å²) in [5, 5.41) is 7.61. The van der Waals surface area contributed by atoms with Crippen molar-refractivity contribution in [3.05, 3.63) is 71.8 Å². The van der Waals surface area contributed by atoms with E-state index < -0.39 is 5.97 Å². The number of carbonyl (C=O) groups excluding carboxylic acids is 2. The lowest BCUT2D eigenvalue weighted by Crippen LogP contribution is -2.34. The quantitative estimate of drug-likeness (QED) is 0.488. The number of hydrogen-bond acceptors (Lipinski definition) is 5. The minimum atomic E-state index is -0.390. The first-order chi connectivity index (χ1) is 14.0. The van der Waals surface area contributed by atoms with Gasteiger partial charge in [0.1, 0.15) is 5.75 Å². The molecule has 3 aromatic carbocycles. The molecule has 3 rings (SSSR count). The highest BCUT2D eigenvalue weighted by molar-refractivity contribution is 7.80. The third-order valence-corrected chi connectivity index (χ3v) is 4.40. The van der Waals surface area contributed by atoms with E-state index >= 15 is 0 Å². The van der Waals surface area contributed by atoms with Gasteiger partial charge in [0, 0.05) is 5.69 Å². The zero-order chi connectivity index (χ0) is 20.8. The van der Waals surface area contributed by atoms with Gasteiger partial charge in [-0.05, 0) is 66.3 Å². The van der Waals surface area contributed by atoms with Crippen LogP contribution < -0.4 is 15.4 Å². The van der Waals surface area contributed by atoms with E-state index in [4.69, 9.17) is 21.7 Å². The van der Waals surface area contributed by atoms with Gasteiger partial charge in [0.25, 0.3) is 5.91 Å². The highest BCUT2D eigenvalue weighted by atomic mass is 32.1. The fourth-order valence-corrected chi connectivity index (χ4v) is 3.01. The summed E-state index contributed by atoms with van der Waals surface area (Å²) < 4.78 is 10.3. The largest absolute Gasteiger partial charge is 0.496 e. The molecule has 0 aromatic heterocycles. The monoisotopic (exact) mass is 408 g/mol. The van der Waals surface area contributed by atoms with Crippen molar-refractivity contribution in [2.24, 2.45) is 0 Å². The molecule has 148 valence electrons. The summed E-state index contributed by atoms with van der Waals surface area (Å²) in [5.41, 5.74) is 1.45. The molecule has 6 nitrogen and oxygen atoms in total. The number of carbonyl (C=O) groups is 2. The summed E-state index contributed by atoms with van der Waals surface area (Å²) in [7, 11) is 1.52. The molecule has 0 aliphatic carbocycles. The number of hydrogen-bond donors (Lipinski definition) is 2. The standard InChI is InChI=1S/C22H20N2O4S/c1-3-28-21(26)14-8-10-17(11-9-14)23-22(29)24-20(25)18-12-15-6-4-5-7-16(15)13-19(18)27-2/h4-13H,3H2,1-2H3,(H2,23,24,25,29). The third-order valence-electron chi connectivity index (χ3n) is 4.19. The van der Waals surface area contributed by atoms with Gasteiger partial charge in [-0.15, -0.1) is 0 Å². The van der Waals surface area contributed by atoms with E-state index in [1.165, 1.54) is 7.11 Å². The fourth-order valence-electron chi connectivity index (χ4n) is 2.80. The number of methoxy groups -OCH3 is 1. The zero-order valence-electron chi connectivity index (χ0n) is 16.0. The number of anilines is 1. The van der Waals surface area contributed by atoms with Crippen molar-refractivity contribution < 1.29 is 19.1 Å². The third kappa shape index (κ3) is 4.89. The fraction of sp³-hybridized carbons (Fsp3) is 0.136. The molecule has 0 fully saturated rings. The number of benzene rings is 3. The second-order valence-electron chi connectivity index (χ2n) is 6.11. The molecule has 0 aliphatic heterocycles. The first-order valence-electron chi connectivity index (χ1n) is 8.98. The van der Waals surface area contributed by atoms with Crippen molar-refractivity contribution in [2.45, 2.75) is 6.92 Å². The smallest absolute Gasteiger partial charge is 0.338 e. The molecule has 0 spiro atoms. The second kappa shape index (κ2) is 9.16. The van der Waals surface area contributed by atoms with Crippen molar-refractivity contribution in [3.63, 3.8) is 0 Å². The van der Waals surface area contributed by atoms with Gasteiger partial charge in [-0.2, -0.15) is 0 Å². The van der Waals surface area contributed by atoms with E-state index in [9.17, 15) is 9.59 Å². The molecule has 0 saturated carbocycles. The van der Waals surface area contributed by atoms with Crippen molar-refractivity contribution >= 4 is 45.7 Å². The van der Waals surface area contributed by atoms with Crippen LogP contribution in [0.2, 0.25) is 0 Å². The summed E-state index contributed by atoms with van der Waals surface area (Å²) in [6.45, 7) is 2.06. The number of esters is 1. The molecule has 1 amide bonds. The Hall–Kier alpha value is -3.45. The molecule has 29 heavy (non-hydrogen) atoms. The maximum absolute atomic E-state index is 12.7. The SMILES string of the molecule is CCOC(=O)c1ccc(NC(=S)NC(=O)c2cc3ccccc3cc2OC)cc1. The number of amides is 1. The minimum absolute atomic E-state index is 0.133. The van der Waals surface area contributed by atoms with Crippen LogP contribution in [0.5, 0.6) is 5.75 Å². The van der Waals surface area contributed by atoms with Gasteiger partial charge in [-0.1, -0.05) is 24.3 Å². The molecule has 0 radical (unpaired) electrons. The first-order valence-corrected chi connectivity index (χ1v) is 9.39. The Morgan fingerprint density at radius 1 is 1.00 bits per heavy atom. The Morgan fingerprint density at radius 2 is 1.66 bits per heavy atom. The van der Waals surface area contributed by atoms with E-state index in [1.807, 2.05) is 30.3 Å². The lowest BCUT2D eigenvalue weighted by Gasteiger charge is -2.13. The molecular weight excluding hydrogens is 388 g/mol. The molecule has 2 N–H and O–H groups in total. The van der Waals surface area contributed by atoms with Gasteiger partial charge >= 0.3 is 5.97 Å². The first kappa shape index (κ1) is 20.3. The Morgan fingerprint density at radius 3 is 2.28 bits per heavy atom. The summed E-state index contributed by atoms with van der Waals surface area (Å²) >= 11 is 5.24. The van der Waals surface area contributed by atoms with Crippen LogP contribution in [0.25, 0.3) is 10.8 Å². The van der Waals surface area contributed by atoms with Gasteiger partial charge in [-0.25, -0.2) is 4.79 Å². The predicted octanol–water partition coefficient (Wildman–Crippen LogP) is 4.15. The van der Waals surface area contributed by atoms with Crippen LogP contribution in [0.15, 0.2) is 60.7 Å². The summed E-state index contributed by atoms with van der Waals surface area (Å²) in [6, 6.07) is 17.9. The van der Waals surface area contributed by atoms with Gasteiger partial charge in [0.15, 0.2) is 5.11 Å². The van der Waals surface area contributed by atoms with Crippen LogP contribution in [-0.2, 0) is 4.74 Å². The van der Waals surface area contributed by atoms with E-state index in [-0.39, 0.29) is 11.0 Å². The maximum Gasteiger partial charge on any atom is 0.338 e. The van der Waals surface area contributed by atoms with Crippen LogP contribution in [-0.4, -0.2) is 30.7 Å². The number of fused-ring (bicyclic) bond motifs is 1. The van der Waals surface area contributed by atoms with Gasteiger partial charge in [0.2, 0.25) is 0 Å². The molecule has 0 atom stereocenters. The average Bonchev–Trinajstić information content (AvgIpc) is 2.73. The normalized spacial score (nSPS) is 10.3. The zero-order valence-corrected chi connectivity index (χ0v) is 16.8.